The molecule has 1 unspecified atom stereocenters. The Hall–Kier alpha value is -2.83. The first kappa shape index (κ1) is 16.5. The highest BCUT2D eigenvalue weighted by atomic mass is 19.3. The van der Waals surface area contributed by atoms with Gasteiger partial charge in [0.05, 0.1) is 0 Å². The largest absolute Gasteiger partial charge is 0.434 e. The Morgan fingerprint density at radius 2 is 2.00 bits per heavy atom. The molecular weight excluding hydrogens is 310 g/mol. The van der Waals surface area contributed by atoms with E-state index < -0.39 is 30.1 Å². The predicted octanol–water partition coefficient (Wildman–Crippen LogP) is 2.52. The number of esters is 1. The van der Waals surface area contributed by atoms with Crippen molar-refractivity contribution in [2.75, 3.05) is 0 Å². The number of hydrogen-bond donors (Lipinski definition) is 0. The summed E-state index contributed by atoms with van der Waals surface area (Å²) in [4.78, 5) is 35.3. The summed E-state index contributed by atoms with van der Waals surface area (Å²) in [6.07, 6.45) is 3.23. The number of carbonyl (C=O) groups is 3. The standard InChI is InChI=1S/C16H12F2O5/c1-9-8-12(20)14(15(21)22-9)11(19)7-6-10-4-2-3-5-13(10)23-16(17)18/h2-8,14,16H,1H3/b7-6+. The summed E-state index contributed by atoms with van der Waals surface area (Å²) in [6.45, 7) is -1.59. The third kappa shape index (κ3) is 4.09. The molecule has 0 N–H and O–H groups in total. The molecule has 7 heteroatoms. The van der Waals surface area contributed by atoms with Crippen molar-refractivity contribution in [2.24, 2.45) is 5.92 Å². The molecule has 1 atom stereocenters. The number of halogens is 2. The van der Waals surface area contributed by atoms with Gasteiger partial charge < -0.3 is 9.47 Å². The average Bonchev–Trinajstić information content (AvgIpc) is 2.44. The van der Waals surface area contributed by atoms with Crippen LogP contribution in [0.3, 0.4) is 0 Å². The van der Waals surface area contributed by atoms with E-state index in [9.17, 15) is 23.2 Å². The fraction of sp³-hybridized carbons (Fsp3) is 0.188. The maximum Gasteiger partial charge on any atom is 0.387 e. The molecule has 0 saturated heterocycles. The van der Waals surface area contributed by atoms with Gasteiger partial charge in [-0.25, -0.2) is 0 Å². The fourth-order valence-electron chi connectivity index (χ4n) is 1.99. The van der Waals surface area contributed by atoms with E-state index in [2.05, 4.69) is 4.74 Å². The molecule has 0 fully saturated rings. The Bertz CT molecular complexity index is 706. The van der Waals surface area contributed by atoms with Gasteiger partial charge in [0.1, 0.15) is 11.5 Å². The van der Waals surface area contributed by atoms with Crippen LogP contribution >= 0.6 is 0 Å². The van der Waals surface area contributed by atoms with Crippen molar-refractivity contribution < 1.29 is 32.6 Å². The molecule has 0 aromatic heterocycles. The lowest BCUT2D eigenvalue weighted by molar-refractivity contribution is -0.151. The van der Waals surface area contributed by atoms with E-state index >= 15 is 0 Å². The summed E-state index contributed by atoms with van der Waals surface area (Å²) in [7, 11) is 0. The van der Waals surface area contributed by atoms with E-state index in [1.165, 1.54) is 31.2 Å². The summed E-state index contributed by atoms with van der Waals surface area (Å²) in [6, 6.07) is 5.82. The first-order valence-electron chi connectivity index (χ1n) is 6.58. The normalized spacial score (nSPS) is 18.1. The molecule has 5 nitrogen and oxygen atoms in total. The second-order valence-electron chi connectivity index (χ2n) is 4.66. The maximum absolute atomic E-state index is 12.3. The second kappa shape index (κ2) is 6.95. The van der Waals surface area contributed by atoms with Crippen molar-refractivity contribution in [2.45, 2.75) is 13.5 Å². The summed E-state index contributed by atoms with van der Waals surface area (Å²) < 4.78 is 33.7. The van der Waals surface area contributed by atoms with Gasteiger partial charge >= 0.3 is 12.6 Å². The number of ether oxygens (including phenoxy) is 2. The number of carbonyl (C=O) groups excluding carboxylic acids is 3. The third-order valence-corrected chi connectivity index (χ3v) is 2.97. The molecule has 1 heterocycles. The molecule has 1 aliphatic rings. The minimum absolute atomic E-state index is 0.115. The molecule has 120 valence electrons. The number of allylic oxidation sites excluding steroid dienone is 3. The van der Waals surface area contributed by atoms with Crippen molar-refractivity contribution in [3.8, 4) is 5.75 Å². The van der Waals surface area contributed by atoms with Gasteiger partial charge in [0.25, 0.3) is 0 Å². The molecule has 0 saturated carbocycles. The fourth-order valence-corrected chi connectivity index (χ4v) is 1.99. The Morgan fingerprint density at radius 1 is 1.30 bits per heavy atom. The molecule has 0 amide bonds. The Labute approximate surface area is 130 Å². The van der Waals surface area contributed by atoms with Crippen LogP contribution in [0, 0.1) is 5.92 Å². The summed E-state index contributed by atoms with van der Waals surface area (Å²) in [5.41, 5.74) is 0.212. The van der Waals surface area contributed by atoms with E-state index in [-0.39, 0.29) is 17.1 Å². The lowest BCUT2D eigenvalue weighted by Gasteiger charge is -2.15. The monoisotopic (exact) mass is 322 g/mol. The Morgan fingerprint density at radius 3 is 2.65 bits per heavy atom. The van der Waals surface area contributed by atoms with Gasteiger partial charge in [0.15, 0.2) is 17.5 Å². The maximum atomic E-state index is 12.3. The van der Waals surface area contributed by atoms with Crippen molar-refractivity contribution in [3.05, 3.63) is 47.7 Å². The van der Waals surface area contributed by atoms with Gasteiger partial charge in [0.2, 0.25) is 0 Å². The average molecular weight is 322 g/mol. The molecule has 0 radical (unpaired) electrons. The van der Waals surface area contributed by atoms with Gasteiger partial charge in [-0.05, 0) is 25.1 Å². The van der Waals surface area contributed by atoms with E-state index in [1.807, 2.05) is 0 Å². The number of cyclic esters (lactones) is 1. The topological polar surface area (TPSA) is 69.7 Å². The van der Waals surface area contributed by atoms with E-state index in [1.54, 1.807) is 6.07 Å². The van der Waals surface area contributed by atoms with E-state index in [0.717, 1.165) is 12.2 Å². The zero-order valence-electron chi connectivity index (χ0n) is 12.0. The van der Waals surface area contributed by atoms with Crippen molar-refractivity contribution in [1.82, 2.24) is 0 Å². The molecule has 1 aliphatic heterocycles. The van der Waals surface area contributed by atoms with Crippen LogP contribution in [0.15, 0.2) is 42.2 Å². The lowest BCUT2D eigenvalue weighted by atomic mass is 9.96. The second-order valence-corrected chi connectivity index (χ2v) is 4.66. The van der Waals surface area contributed by atoms with E-state index in [4.69, 9.17) is 4.74 Å². The van der Waals surface area contributed by atoms with Crippen LogP contribution in [0.4, 0.5) is 8.78 Å². The minimum Gasteiger partial charge on any atom is -0.434 e. The SMILES string of the molecule is CC1=CC(=O)C(C(=O)/C=C/c2ccccc2OC(F)F)C(=O)O1. The number of hydrogen-bond acceptors (Lipinski definition) is 5. The summed E-state index contributed by atoms with van der Waals surface area (Å²) >= 11 is 0. The molecule has 0 spiro atoms. The van der Waals surface area contributed by atoms with Crippen LogP contribution in [-0.4, -0.2) is 24.1 Å². The van der Waals surface area contributed by atoms with Crippen LogP contribution < -0.4 is 4.74 Å². The molecular formula is C16H12F2O5. The highest BCUT2D eigenvalue weighted by molar-refractivity contribution is 6.25. The van der Waals surface area contributed by atoms with Crippen LogP contribution in [0.1, 0.15) is 12.5 Å². The number of ketones is 2. The highest BCUT2D eigenvalue weighted by Gasteiger charge is 2.36. The molecule has 1 aromatic rings. The van der Waals surface area contributed by atoms with Crippen molar-refractivity contribution >= 4 is 23.6 Å². The van der Waals surface area contributed by atoms with Gasteiger partial charge in [-0.1, -0.05) is 18.2 Å². The number of alkyl halides is 2. The Balaban J connectivity index is 2.19. The van der Waals surface area contributed by atoms with Gasteiger partial charge in [-0.15, -0.1) is 0 Å². The number of benzene rings is 1. The van der Waals surface area contributed by atoms with Gasteiger partial charge in [-0.3, -0.25) is 14.4 Å². The smallest absolute Gasteiger partial charge is 0.387 e. The molecule has 1 aromatic carbocycles. The van der Waals surface area contributed by atoms with Crippen molar-refractivity contribution in [3.63, 3.8) is 0 Å². The quantitative estimate of drug-likeness (QED) is 0.473. The van der Waals surface area contributed by atoms with Crippen LogP contribution in [0.2, 0.25) is 0 Å². The summed E-state index contributed by atoms with van der Waals surface area (Å²) in [5, 5.41) is 0. The van der Waals surface area contributed by atoms with Crippen LogP contribution in [0.5, 0.6) is 5.75 Å². The molecule has 0 aliphatic carbocycles. The van der Waals surface area contributed by atoms with Crippen LogP contribution in [-0.2, 0) is 19.1 Å². The molecule has 2 rings (SSSR count). The molecule has 23 heavy (non-hydrogen) atoms. The lowest BCUT2D eigenvalue weighted by Crippen LogP contribution is -2.34. The Kier molecular flexibility index (Phi) is 5.00. The minimum atomic E-state index is -3.01. The molecule has 0 bridgehead atoms. The van der Waals surface area contributed by atoms with E-state index in [0.29, 0.717) is 0 Å². The first-order valence-corrected chi connectivity index (χ1v) is 6.58. The zero-order valence-corrected chi connectivity index (χ0v) is 12.0. The highest BCUT2D eigenvalue weighted by Crippen LogP contribution is 2.22. The van der Waals surface area contributed by atoms with Gasteiger partial charge in [-0.2, -0.15) is 8.78 Å². The van der Waals surface area contributed by atoms with Crippen molar-refractivity contribution in [1.29, 1.82) is 0 Å². The van der Waals surface area contributed by atoms with Crippen LogP contribution in [0.25, 0.3) is 6.08 Å². The number of para-hydroxylation sites is 1. The first-order chi connectivity index (χ1) is 10.9. The third-order valence-electron chi connectivity index (χ3n) is 2.97. The zero-order chi connectivity index (χ0) is 17.0. The number of rotatable bonds is 5. The summed E-state index contributed by atoms with van der Waals surface area (Å²) in [5.74, 6) is -4.01. The predicted molar refractivity (Wildman–Crippen MR) is 75.5 cm³/mol. The van der Waals surface area contributed by atoms with Gasteiger partial charge in [0, 0.05) is 11.6 Å².